The summed E-state index contributed by atoms with van der Waals surface area (Å²) in [6, 6.07) is 4.10. The van der Waals surface area contributed by atoms with Gasteiger partial charge in [-0.3, -0.25) is 4.79 Å². The van der Waals surface area contributed by atoms with E-state index in [0.717, 1.165) is 49.4 Å². The molecule has 1 atom stereocenters. The summed E-state index contributed by atoms with van der Waals surface area (Å²) in [7, 11) is 1.85. The summed E-state index contributed by atoms with van der Waals surface area (Å²) in [5.74, 6) is 2.22. The first-order valence-corrected chi connectivity index (χ1v) is 8.53. The smallest absolute Gasteiger partial charge is 0.257 e. The Hall–Kier alpha value is -2.50. The first kappa shape index (κ1) is 15.1. The second-order valence-electron chi connectivity index (χ2n) is 6.49. The van der Waals surface area contributed by atoms with E-state index in [-0.39, 0.29) is 11.9 Å². The zero-order chi connectivity index (χ0) is 16.5. The molecule has 2 fully saturated rings. The van der Waals surface area contributed by atoms with Gasteiger partial charge in [0.15, 0.2) is 0 Å². The molecular formula is C18H21N5O. The quantitative estimate of drug-likeness (QED) is 0.937. The molecule has 1 aliphatic heterocycles. The monoisotopic (exact) mass is 323 g/mol. The van der Waals surface area contributed by atoms with Crippen molar-refractivity contribution in [3.05, 3.63) is 47.7 Å². The number of nitrogens with zero attached hydrogens (tertiary/aromatic N) is 4. The van der Waals surface area contributed by atoms with Gasteiger partial charge in [-0.2, -0.15) is 0 Å². The van der Waals surface area contributed by atoms with Crippen LogP contribution in [0.5, 0.6) is 0 Å². The fraction of sp³-hybridized carbons (Fsp3) is 0.444. The Kier molecular flexibility index (Phi) is 3.88. The number of carbonyl (C=O) groups is 1. The van der Waals surface area contributed by atoms with E-state index < -0.39 is 0 Å². The molecule has 6 nitrogen and oxygen atoms in total. The van der Waals surface area contributed by atoms with E-state index in [0.29, 0.717) is 11.5 Å². The van der Waals surface area contributed by atoms with Gasteiger partial charge in [-0.25, -0.2) is 15.0 Å². The van der Waals surface area contributed by atoms with Crippen LogP contribution in [-0.4, -0.2) is 39.4 Å². The first-order valence-electron chi connectivity index (χ1n) is 8.53. The molecule has 2 aromatic rings. The highest BCUT2D eigenvalue weighted by molar-refractivity contribution is 5.94. The Morgan fingerprint density at radius 2 is 2.00 bits per heavy atom. The molecule has 0 spiro atoms. The lowest BCUT2D eigenvalue weighted by Gasteiger charge is -2.25. The number of hydrogen-bond donors (Lipinski definition) is 1. The summed E-state index contributed by atoms with van der Waals surface area (Å²) < 4.78 is 0. The van der Waals surface area contributed by atoms with Gasteiger partial charge in [0.1, 0.15) is 11.6 Å². The third kappa shape index (κ3) is 2.84. The van der Waals surface area contributed by atoms with Gasteiger partial charge in [-0.15, -0.1) is 0 Å². The maximum atomic E-state index is 12.9. The zero-order valence-electron chi connectivity index (χ0n) is 13.8. The molecule has 124 valence electrons. The number of carbonyl (C=O) groups excluding carboxylic acids is 1. The third-order valence-electron chi connectivity index (χ3n) is 4.80. The summed E-state index contributed by atoms with van der Waals surface area (Å²) >= 11 is 0. The number of aromatic nitrogens is 3. The maximum Gasteiger partial charge on any atom is 0.257 e. The van der Waals surface area contributed by atoms with Crippen LogP contribution in [0.4, 0.5) is 5.82 Å². The van der Waals surface area contributed by atoms with Crippen molar-refractivity contribution < 1.29 is 4.79 Å². The van der Waals surface area contributed by atoms with Crippen molar-refractivity contribution in [2.45, 2.75) is 37.6 Å². The number of likely N-dealkylation sites (tertiary alicyclic amines) is 1. The van der Waals surface area contributed by atoms with Crippen molar-refractivity contribution in [2.24, 2.45) is 0 Å². The van der Waals surface area contributed by atoms with Crippen LogP contribution in [0.3, 0.4) is 0 Å². The lowest BCUT2D eigenvalue weighted by atomic mass is 10.1. The summed E-state index contributed by atoms with van der Waals surface area (Å²) in [6.07, 6.45) is 9.47. The molecule has 2 aliphatic rings. The van der Waals surface area contributed by atoms with E-state index in [1.165, 1.54) is 0 Å². The Balaban J connectivity index is 1.55. The summed E-state index contributed by atoms with van der Waals surface area (Å²) in [5, 5.41) is 3.05. The van der Waals surface area contributed by atoms with Crippen LogP contribution in [0.1, 0.15) is 59.4 Å². The minimum atomic E-state index is 0.0164. The number of anilines is 1. The Labute approximate surface area is 141 Å². The minimum absolute atomic E-state index is 0.0164. The zero-order valence-corrected chi connectivity index (χ0v) is 13.8. The SMILES string of the molecule is CNc1cc([C@H]2CCCN2C(=O)c2cnc(C3CC3)nc2)ccn1. The van der Waals surface area contributed by atoms with E-state index in [1.54, 1.807) is 18.6 Å². The molecule has 1 amide bonds. The van der Waals surface area contributed by atoms with E-state index in [1.807, 2.05) is 24.1 Å². The molecule has 24 heavy (non-hydrogen) atoms. The number of pyridine rings is 1. The second kappa shape index (κ2) is 6.19. The van der Waals surface area contributed by atoms with Crippen LogP contribution >= 0.6 is 0 Å². The average molecular weight is 323 g/mol. The lowest BCUT2D eigenvalue weighted by Crippen LogP contribution is -2.30. The van der Waals surface area contributed by atoms with Crippen molar-refractivity contribution in [3.63, 3.8) is 0 Å². The highest BCUT2D eigenvalue weighted by Gasteiger charge is 2.32. The number of hydrogen-bond acceptors (Lipinski definition) is 5. The van der Waals surface area contributed by atoms with E-state index in [4.69, 9.17) is 0 Å². The highest BCUT2D eigenvalue weighted by atomic mass is 16.2. The molecule has 3 heterocycles. The Morgan fingerprint density at radius 1 is 1.21 bits per heavy atom. The predicted molar refractivity (Wildman–Crippen MR) is 90.8 cm³/mol. The van der Waals surface area contributed by atoms with Crippen molar-refractivity contribution in [1.29, 1.82) is 0 Å². The molecule has 2 aromatic heterocycles. The van der Waals surface area contributed by atoms with Crippen molar-refractivity contribution in [3.8, 4) is 0 Å². The molecule has 0 aromatic carbocycles. The topological polar surface area (TPSA) is 71.0 Å². The van der Waals surface area contributed by atoms with Crippen molar-refractivity contribution in [1.82, 2.24) is 19.9 Å². The van der Waals surface area contributed by atoms with Crippen molar-refractivity contribution in [2.75, 3.05) is 18.9 Å². The Morgan fingerprint density at radius 3 is 2.71 bits per heavy atom. The standard InChI is InChI=1S/C18H21N5O/c1-19-16-9-13(6-7-20-16)15-3-2-8-23(15)18(24)14-10-21-17(22-11-14)12-4-5-12/h6-7,9-12,15H,2-5,8H2,1H3,(H,19,20)/t15-/m1/s1. The van der Waals surface area contributed by atoms with Crippen molar-refractivity contribution >= 4 is 11.7 Å². The molecule has 0 unspecified atom stereocenters. The van der Waals surface area contributed by atoms with Gasteiger partial charge in [0.25, 0.3) is 5.91 Å². The van der Waals surface area contributed by atoms with Crippen LogP contribution in [0.2, 0.25) is 0 Å². The molecule has 1 saturated carbocycles. The molecule has 1 aliphatic carbocycles. The van der Waals surface area contributed by atoms with Crippen LogP contribution in [0, 0.1) is 0 Å². The fourth-order valence-corrected chi connectivity index (χ4v) is 3.31. The summed E-state index contributed by atoms with van der Waals surface area (Å²) in [5.41, 5.74) is 1.70. The molecule has 4 rings (SSSR count). The van der Waals surface area contributed by atoms with Gasteiger partial charge < -0.3 is 10.2 Å². The number of rotatable bonds is 4. The predicted octanol–water partition coefficient (Wildman–Crippen LogP) is 2.77. The van der Waals surface area contributed by atoms with Crippen LogP contribution in [0.15, 0.2) is 30.7 Å². The average Bonchev–Trinajstić information content (AvgIpc) is 3.38. The first-order chi connectivity index (χ1) is 11.8. The molecule has 0 radical (unpaired) electrons. The third-order valence-corrected chi connectivity index (χ3v) is 4.80. The summed E-state index contributed by atoms with van der Waals surface area (Å²) in [6.45, 7) is 0.769. The normalized spacial score (nSPS) is 20.2. The fourth-order valence-electron chi connectivity index (χ4n) is 3.31. The molecule has 6 heteroatoms. The maximum absolute atomic E-state index is 12.9. The van der Waals surface area contributed by atoms with E-state index in [9.17, 15) is 4.79 Å². The van der Waals surface area contributed by atoms with Gasteiger partial charge >= 0.3 is 0 Å². The van der Waals surface area contributed by atoms with Gasteiger partial charge in [-0.1, -0.05) is 0 Å². The van der Waals surface area contributed by atoms with Gasteiger partial charge in [0, 0.05) is 38.1 Å². The van der Waals surface area contributed by atoms with Gasteiger partial charge in [0.05, 0.1) is 11.6 Å². The van der Waals surface area contributed by atoms with Crippen LogP contribution in [-0.2, 0) is 0 Å². The van der Waals surface area contributed by atoms with Crippen LogP contribution in [0.25, 0.3) is 0 Å². The van der Waals surface area contributed by atoms with Crippen LogP contribution < -0.4 is 5.32 Å². The number of nitrogens with one attached hydrogen (secondary N) is 1. The largest absolute Gasteiger partial charge is 0.373 e. The molecule has 1 N–H and O–H groups in total. The van der Waals surface area contributed by atoms with Gasteiger partial charge in [0.2, 0.25) is 0 Å². The molecular weight excluding hydrogens is 302 g/mol. The Bertz CT molecular complexity index is 741. The number of amides is 1. The lowest BCUT2D eigenvalue weighted by molar-refractivity contribution is 0.0734. The van der Waals surface area contributed by atoms with E-state index >= 15 is 0 Å². The molecule has 0 bridgehead atoms. The van der Waals surface area contributed by atoms with E-state index in [2.05, 4.69) is 20.3 Å². The second-order valence-corrected chi connectivity index (χ2v) is 6.49. The summed E-state index contributed by atoms with van der Waals surface area (Å²) in [4.78, 5) is 27.8. The minimum Gasteiger partial charge on any atom is -0.373 e. The highest BCUT2D eigenvalue weighted by Crippen LogP contribution is 2.38. The van der Waals surface area contributed by atoms with Gasteiger partial charge in [-0.05, 0) is 43.4 Å². The molecule has 1 saturated heterocycles.